The minimum absolute atomic E-state index is 1.11. The molecular weight excluding hydrogens is 615 g/mol. The number of hydrogen-bond acceptors (Lipinski definition) is 3. The quantitative estimate of drug-likeness (QED) is 0.186. The van der Waals surface area contributed by atoms with Crippen molar-refractivity contribution in [1.82, 2.24) is 9.55 Å². The summed E-state index contributed by atoms with van der Waals surface area (Å²) in [5.74, 6) is 0. The Labute approximate surface area is 287 Å². The van der Waals surface area contributed by atoms with E-state index < -0.39 is 0 Å². The van der Waals surface area contributed by atoms with E-state index in [0.717, 1.165) is 22.7 Å². The molecule has 0 aliphatic rings. The van der Waals surface area contributed by atoms with Gasteiger partial charge in [-0.15, -0.1) is 11.3 Å². The second-order valence-electron chi connectivity index (χ2n) is 12.5. The molecule has 0 amide bonds. The zero-order valence-electron chi connectivity index (χ0n) is 26.5. The van der Waals surface area contributed by atoms with Gasteiger partial charge in [0, 0.05) is 71.5 Å². The van der Waals surface area contributed by atoms with Gasteiger partial charge in [0.2, 0.25) is 0 Å². The van der Waals surface area contributed by atoms with Gasteiger partial charge in [-0.25, -0.2) is 0 Å². The number of thiophene rings is 1. The van der Waals surface area contributed by atoms with Crippen molar-refractivity contribution in [2.75, 3.05) is 4.90 Å². The van der Waals surface area contributed by atoms with E-state index in [1.54, 1.807) is 0 Å². The summed E-state index contributed by atoms with van der Waals surface area (Å²) in [6.07, 6.45) is 3.83. The maximum atomic E-state index is 4.36. The highest BCUT2D eigenvalue weighted by molar-refractivity contribution is 7.25. The maximum absolute atomic E-state index is 4.36. The first-order valence-electron chi connectivity index (χ1n) is 16.5. The summed E-state index contributed by atoms with van der Waals surface area (Å²) >= 11 is 1.85. The van der Waals surface area contributed by atoms with Crippen LogP contribution in [-0.4, -0.2) is 9.55 Å². The fourth-order valence-corrected chi connectivity index (χ4v) is 8.49. The lowest BCUT2D eigenvalue weighted by atomic mass is 10.0. The summed E-state index contributed by atoms with van der Waals surface area (Å²) in [7, 11) is 0. The number of fused-ring (bicyclic) bond motifs is 7. The lowest BCUT2D eigenvalue weighted by molar-refractivity contribution is 1.18. The van der Waals surface area contributed by atoms with Crippen LogP contribution in [0.3, 0.4) is 0 Å². The molecule has 0 radical (unpaired) electrons. The van der Waals surface area contributed by atoms with Crippen LogP contribution in [0.1, 0.15) is 0 Å². The van der Waals surface area contributed by atoms with Gasteiger partial charge in [0.25, 0.3) is 0 Å². The monoisotopic (exact) mass is 643 g/mol. The third kappa shape index (κ3) is 4.61. The fraction of sp³-hybridized carbons (Fsp3) is 0. The molecule has 0 saturated carbocycles. The predicted octanol–water partition coefficient (Wildman–Crippen LogP) is 12.8. The Hall–Kier alpha value is -6.23. The van der Waals surface area contributed by atoms with Gasteiger partial charge in [-0.2, -0.15) is 0 Å². The standard InChI is InChI=1S/C45H29N3S/c1-3-9-30(10-4-1)31-15-17-35(18-16-31)47(37-19-21-39-41-25-32-23-24-46-29-33(32)26-44(41)49-45(39)28-37)36-20-22-43-40(27-36)38-13-7-8-14-42(38)48(43)34-11-5-2-6-12-34/h1-29H. The molecule has 3 heterocycles. The summed E-state index contributed by atoms with van der Waals surface area (Å²) < 4.78 is 4.92. The Balaban J connectivity index is 1.18. The van der Waals surface area contributed by atoms with Gasteiger partial charge in [0.15, 0.2) is 0 Å². The highest BCUT2D eigenvalue weighted by atomic mass is 32.1. The molecule has 0 bridgehead atoms. The molecular formula is C45H29N3S. The third-order valence-corrected chi connectivity index (χ3v) is 10.7. The average Bonchev–Trinajstić information content (AvgIpc) is 3.69. The molecule has 0 aliphatic carbocycles. The number of rotatable bonds is 5. The van der Waals surface area contributed by atoms with Gasteiger partial charge >= 0.3 is 0 Å². The molecule has 10 rings (SSSR count). The smallest absolute Gasteiger partial charge is 0.0542 e. The summed E-state index contributed by atoms with van der Waals surface area (Å²) in [6.45, 7) is 0. The van der Waals surface area contributed by atoms with E-state index in [2.05, 4.69) is 178 Å². The minimum atomic E-state index is 1.11. The molecule has 0 atom stereocenters. The molecule has 49 heavy (non-hydrogen) atoms. The van der Waals surface area contributed by atoms with E-state index in [1.807, 2.05) is 23.7 Å². The Morgan fingerprint density at radius 2 is 1.12 bits per heavy atom. The van der Waals surface area contributed by atoms with Crippen molar-refractivity contribution >= 4 is 81.1 Å². The maximum Gasteiger partial charge on any atom is 0.0542 e. The lowest BCUT2D eigenvalue weighted by Gasteiger charge is -2.26. The second kappa shape index (κ2) is 11.2. The Morgan fingerprint density at radius 1 is 0.449 bits per heavy atom. The molecule has 3 aromatic heterocycles. The number of anilines is 3. The van der Waals surface area contributed by atoms with Crippen LogP contribution >= 0.6 is 11.3 Å². The summed E-state index contributed by atoms with van der Waals surface area (Å²) in [6, 6.07) is 59.4. The topological polar surface area (TPSA) is 21.1 Å². The summed E-state index contributed by atoms with van der Waals surface area (Å²) in [5.41, 5.74) is 9.33. The zero-order valence-corrected chi connectivity index (χ0v) is 27.3. The molecule has 0 aliphatic heterocycles. The normalized spacial score (nSPS) is 11.7. The molecule has 7 aromatic carbocycles. The molecule has 10 aromatic rings. The van der Waals surface area contributed by atoms with Crippen molar-refractivity contribution in [3.63, 3.8) is 0 Å². The van der Waals surface area contributed by atoms with Crippen LogP contribution in [0.4, 0.5) is 17.1 Å². The number of pyridine rings is 1. The molecule has 0 unspecified atom stereocenters. The molecule has 0 N–H and O–H groups in total. The van der Waals surface area contributed by atoms with Gasteiger partial charge in [-0.1, -0.05) is 84.9 Å². The number of hydrogen-bond donors (Lipinski definition) is 0. The highest BCUT2D eigenvalue weighted by Gasteiger charge is 2.19. The van der Waals surface area contributed by atoms with Crippen LogP contribution < -0.4 is 4.90 Å². The van der Waals surface area contributed by atoms with Crippen molar-refractivity contribution in [3.8, 4) is 16.8 Å². The minimum Gasteiger partial charge on any atom is -0.310 e. The third-order valence-electron chi connectivity index (χ3n) is 9.63. The summed E-state index contributed by atoms with van der Waals surface area (Å²) in [4.78, 5) is 6.76. The van der Waals surface area contributed by atoms with E-state index in [1.165, 1.54) is 63.9 Å². The van der Waals surface area contributed by atoms with Crippen molar-refractivity contribution < 1.29 is 0 Å². The van der Waals surface area contributed by atoms with Gasteiger partial charge in [-0.3, -0.25) is 4.98 Å². The van der Waals surface area contributed by atoms with Crippen LogP contribution in [0.2, 0.25) is 0 Å². The van der Waals surface area contributed by atoms with E-state index >= 15 is 0 Å². The first kappa shape index (κ1) is 27.8. The Morgan fingerprint density at radius 3 is 1.98 bits per heavy atom. The van der Waals surface area contributed by atoms with Crippen LogP contribution in [0.5, 0.6) is 0 Å². The van der Waals surface area contributed by atoms with Gasteiger partial charge < -0.3 is 9.47 Å². The SMILES string of the molecule is c1ccc(-c2ccc(N(c3ccc4c(c3)sc3cc5cnccc5cc34)c3ccc4c(c3)c3ccccc3n4-c3ccccc3)cc2)cc1. The van der Waals surface area contributed by atoms with E-state index in [4.69, 9.17) is 0 Å². The molecule has 230 valence electrons. The zero-order chi connectivity index (χ0) is 32.3. The number of aromatic nitrogens is 2. The molecule has 0 saturated heterocycles. The molecule has 4 heteroatoms. The summed E-state index contributed by atoms with van der Waals surface area (Å²) in [5, 5.41) is 7.43. The number of para-hydroxylation sites is 2. The largest absolute Gasteiger partial charge is 0.310 e. The van der Waals surface area contributed by atoms with Crippen molar-refractivity contribution in [2.24, 2.45) is 0 Å². The molecule has 0 fully saturated rings. The molecule has 0 spiro atoms. The first-order valence-corrected chi connectivity index (χ1v) is 17.3. The molecule has 3 nitrogen and oxygen atoms in total. The van der Waals surface area contributed by atoms with Crippen molar-refractivity contribution in [1.29, 1.82) is 0 Å². The van der Waals surface area contributed by atoms with E-state index in [-0.39, 0.29) is 0 Å². The van der Waals surface area contributed by atoms with Gasteiger partial charge in [0.05, 0.1) is 11.0 Å². The van der Waals surface area contributed by atoms with Gasteiger partial charge in [0.1, 0.15) is 0 Å². The lowest BCUT2D eigenvalue weighted by Crippen LogP contribution is -2.09. The van der Waals surface area contributed by atoms with Crippen LogP contribution in [0.25, 0.3) is 69.6 Å². The highest BCUT2D eigenvalue weighted by Crippen LogP contribution is 2.43. The first-order chi connectivity index (χ1) is 24.3. The van der Waals surface area contributed by atoms with Crippen LogP contribution in [0, 0.1) is 0 Å². The Kier molecular flexibility index (Phi) is 6.36. The second-order valence-corrected chi connectivity index (χ2v) is 13.6. The van der Waals surface area contributed by atoms with Gasteiger partial charge in [-0.05, 0) is 95.4 Å². The Bertz CT molecular complexity index is 2820. The van der Waals surface area contributed by atoms with Crippen molar-refractivity contribution in [3.05, 3.63) is 176 Å². The fourth-order valence-electron chi connectivity index (χ4n) is 7.32. The van der Waals surface area contributed by atoms with E-state index in [0.29, 0.717) is 0 Å². The van der Waals surface area contributed by atoms with Crippen LogP contribution in [0.15, 0.2) is 176 Å². The van der Waals surface area contributed by atoms with Crippen LogP contribution in [-0.2, 0) is 0 Å². The van der Waals surface area contributed by atoms with E-state index in [9.17, 15) is 0 Å². The predicted molar refractivity (Wildman–Crippen MR) is 209 cm³/mol. The number of benzene rings is 7. The average molecular weight is 644 g/mol. The van der Waals surface area contributed by atoms with Crippen molar-refractivity contribution in [2.45, 2.75) is 0 Å². The number of nitrogens with zero attached hydrogens (tertiary/aromatic N) is 3.